The summed E-state index contributed by atoms with van der Waals surface area (Å²) < 4.78 is 0. The fraction of sp³-hybridized carbons (Fsp3) is 0.600. The van der Waals surface area contributed by atoms with E-state index in [1.807, 2.05) is 0 Å². The summed E-state index contributed by atoms with van der Waals surface area (Å²) in [5.74, 6) is 7.12. The zero-order valence-electron chi connectivity index (χ0n) is 4.66. The molecule has 0 bridgehead atoms. The van der Waals surface area contributed by atoms with Crippen LogP contribution in [0.3, 0.4) is 0 Å². The maximum atomic E-state index is 5.08. The molecule has 0 aliphatic heterocycles. The first-order valence-electron chi connectivity index (χ1n) is 2.18. The van der Waals surface area contributed by atoms with Crippen molar-refractivity contribution in [3.05, 3.63) is 0 Å². The van der Waals surface area contributed by atoms with Crippen LogP contribution in [0.4, 0.5) is 0 Å². The molecule has 2 heteroatoms. The van der Waals surface area contributed by atoms with Crippen molar-refractivity contribution >= 4 is 25.4 Å². The van der Waals surface area contributed by atoms with Crippen LogP contribution in [0.2, 0.25) is 16.8 Å². The van der Waals surface area contributed by atoms with E-state index in [4.69, 9.17) is 6.42 Å². The van der Waals surface area contributed by atoms with E-state index < -0.39 is 11.4 Å². The predicted molar refractivity (Wildman–Crippen MR) is 40.0 cm³/mol. The quantitative estimate of drug-likeness (QED) is 0.471. The normalized spacial score (nSPS) is 10.6. The molecule has 0 rings (SSSR count). The molecule has 0 saturated heterocycles. The molecule has 0 aromatic heterocycles. The van der Waals surface area contributed by atoms with E-state index in [1.54, 1.807) is 0 Å². The zero-order chi connectivity index (χ0) is 5.91. The molecule has 0 aromatic carbocycles. The van der Waals surface area contributed by atoms with Crippen LogP contribution in [-0.4, -0.2) is 11.4 Å². The van der Waals surface area contributed by atoms with Gasteiger partial charge < -0.3 is 0 Å². The molecule has 0 nitrogen and oxygen atoms in total. The van der Waals surface area contributed by atoms with Crippen molar-refractivity contribution in [1.82, 2.24) is 0 Å². The Kier molecular flexibility index (Phi) is 3.02. The first kappa shape index (κ1) is 7.58. The Morgan fingerprint density at radius 2 is 2.14 bits per heavy atom. The van der Waals surface area contributed by atoms with Gasteiger partial charge in [-0.25, -0.2) is 0 Å². The summed E-state index contributed by atoms with van der Waals surface area (Å²) >= 11 is 2.08. The summed E-state index contributed by atoms with van der Waals surface area (Å²) in [7, 11) is 0. The molecule has 0 aliphatic carbocycles. The summed E-state index contributed by atoms with van der Waals surface area (Å²) in [4.78, 5) is 0. The molecule has 0 N–H and O–H groups in total. The van der Waals surface area contributed by atoms with Crippen molar-refractivity contribution in [3.63, 3.8) is 0 Å². The number of halogens is 1. The van der Waals surface area contributed by atoms with Gasteiger partial charge in [0.15, 0.2) is 0 Å². The molecule has 0 atom stereocenters. The van der Waals surface area contributed by atoms with Crippen molar-refractivity contribution in [2.45, 2.75) is 16.8 Å². The van der Waals surface area contributed by atoms with Gasteiger partial charge in [-0.2, -0.15) is 0 Å². The molecular formula is C5H9BrGe. The second-order valence-electron chi connectivity index (χ2n) is 2.10. The SMILES string of the molecule is C#C[CH2][Ge]([CH3])([CH3])[Br]. The predicted octanol–water partition coefficient (Wildman–Crippen LogP) is 2.22. The molecule has 0 saturated carbocycles. The third kappa shape index (κ3) is 6.58. The van der Waals surface area contributed by atoms with Crippen LogP contribution in [0.15, 0.2) is 0 Å². The van der Waals surface area contributed by atoms with Gasteiger partial charge in [-0.05, 0) is 0 Å². The second kappa shape index (κ2) is 2.79. The van der Waals surface area contributed by atoms with Crippen LogP contribution in [0, 0.1) is 12.3 Å². The average molecular weight is 222 g/mol. The number of hydrogen-bond acceptors (Lipinski definition) is 0. The minimum atomic E-state index is -1.50. The Labute approximate surface area is 54.7 Å². The average Bonchev–Trinajstić information content (AvgIpc) is 1.30. The molecule has 0 aliphatic rings. The molecule has 40 valence electrons. The van der Waals surface area contributed by atoms with E-state index in [0.29, 0.717) is 0 Å². The van der Waals surface area contributed by atoms with Crippen LogP contribution >= 0.6 is 14.0 Å². The van der Waals surface area contributed by atoms with Crippen LogP contribution in [-0.2, 0) is 0 Å². The summed E-state index contributed by atoms with van der Waals surface area (Å²) in [6, 6.07) is 0. The van der Waals surface area contributed by atoms with E-state index in [1.165, 1.54) is 0 Å². The second-order valence-corrected chi connectivity index (χ2v) is 21.2. The topological polar surface area (TPSA) is 0 Å². The van der Waals surface area contributed by atoms with Crippen LogP contribution in [0.25, 0.3) is 0 Å². The summed E-state index contributed by atoms with van der Waals surface area (Å²) in [5.41, 5.74) is 0. The van der Waals surface area contributed by atoms with Crippen molar-refractivity contribution in [2.24, 2.45) is 0 Å². The summed E-state index contributed by atoms with van der Waals surface area (Å²) in [6.45, 7) is 0. The van der Waals surface area contributed by atoms with Gasteiger partial charge in [0.2, 0.25) is 0 Å². The first-order chi connectivity index (χ1) is 3.06. The molecule has 0 amide bonds. The van der Waals surface area contributed by atoms with Crippen LogP contribution in [0.1, 0.15) is 0 Å². The van der Waals surface area contributed by atoms with Crippen LogP contribution < -0.4 is 0 Å². The van der Waals surface area contributed by atoms with E-state index in [0.717, 1.165) is 5.25 Å². The van der Waals surface area contributed by atoms with E-state index in [2.05, 4.69) is 31.4 Å². The van der Waals surface area contributed by atoms with Gasteiger partial charge in [0.1, 0.15) is 0 Å². The van der Waals surface area contributed by atoms with Gasteiger partial charge in [-0.15, -0.1) is 0 Å². The summed E-state index contributed by atoms with van der Waals surface area (Å²) in [5, 5.41) is 0.972. The molecule has 0 unspecified atom stereocenters. The third-order valence-corrected chi connectivity index (χ3v) is 4.17. The number of terminal acetylenes is 1. The van der Waals surface area contributed by atoms with Gasteiger partial charge in [0.05, 0.1) is 0 Å². The monoisotopic (exact) mass is 222 g/mol. The number of rotatable bonds is 1. The van der Waals surface area contributed by atoms with Gasteiger partial charge in [0, 0.05) is 0 Å². The molecular weight excluding hydrogens is 213 g/mol. The van der Waals surface area contributed by atoms with Gasteiger partial charge in [-0.3, -0.25) is 0 Å². The van der Waals surface area contributed by atoms with Crippen molar-refractivity contribution in [2.75, 3.05) is 0 Å². The van der Waals surface area contributed by atoms with Crippen molar-refractivity contribution in [1.29, 1.82) is 0 Å². The standard InChI is InChI=1S/C5H9BrGe/c1-4-5-7(2,3)6/h1H,5H2,2-3H3. The van der Waals surface area contributed by atoms with E-state index in [-0.39, 0.29) is 0 Å². The fourth-order valence-corrected chi connectivity index (χ4v) is 2.10. The molecule has 0 radical (unpaired) electrons. The Morgan fingerprint density at radius 1 is 1.71 bits per heavy atom. The maximum absolute atomic E-state index is 5.08. The van der Waals surface area contributed by atoms with Crippen LogP contribution in [0.5, 0.6) is 0 Å². The molecule has 7 heavy (non-hydrogen) atoms. The Morgan fingerprint density at radius 3 is 2.14 bits per heavy atom. The molecule has 0 spiro atoms. The van der Waals surface area contributed by atoms with Crippen molar-refractivity contribution in [3.8, 4) is 12.3 Å². The van der Waals surface area contributed by atoms with Gasteiger partial charge in [0.25, 0.3) is 0 Å². The number of hydrogen-bond donors (Lipinski definition) is 0. The van der Waals surface area contributed by atoms with E-state index in [9.17, 15) is 0 Å². The molecule has 0 heterocycles. The van der Waals surface area contributed by atoms with Gasteiger partial charge >= 0.3 is 54.5 Å². The Hall–Kier alpha value is 0.583. The molecule has 0 aromatic rings. The fourth-order valence-electron chi connectivity index (χ4n) is 0.243. The third-order valence-electron chi connectivity index (χ3n) is 0.522. The first-order valence-corrected chi connectivity index (χ1v) is 12.8. The van der Waals surface area contributed by atoms with E-state index >= 15 is 0 Å². The zero-order valence-corrected chi connectivity index (χ0v) is 8.35. The summed E-state index contributed by atoms with van der Waals surface area (Å²) in [6.07, 6.45) is 5.08. The van der Waals surface area contributed by atoms with Gasteiger partial charge in [-0.1, -0.05) is 0 Å². The minimum absolute atomic E-state index is 0.972. The van der Waals surface area contributed by atoms with Crippen molar-refractivity contribution < 1.29 is 0 Å². The Bertz CT molecular complexity index is 85.2. The molecule has 0 fully saturated rings. The Balaban J connectivity index is 3.40.